The van der Waals surface area contributed by atoms with Crippen molar-refractivity contribution in [1.82, 2.24) is 4.98 Å². The molecule has 0 unspecified atom stereocenters. The molecule has 29 heavy (non-hydrogen) atoms. The normalized spacial score (nSPS) is 11.1. The van der Waals surface area contributed by atoms with Crippen LogP contribution < -0.4 is 10.0 Å². The molecule has 8 heteroatoms. The first-order valence-corrected chi connectivity index (χ1v) is 11.5. The third-order valence-corrected chi connectivity index (χ3v) is 6.47. The molecule has 0 aliphatic carbocycles. The molecular formula is C21H21N3O3S2. The zero-order chi connectivity index (χ0) is 21.0. The van der Waals surface area contributed by atoms with Crippen molar-refractivity contribution in [2.24, 2.45) is 0 Å². The average molecular weight is 428 g/mol. The third kappa shape index (κ3) is 5.16. The van der Waals surface area contributed by atoms with Gasteiger partial charge < -0.3 is 5.32 Å². The van der Waals surface area contributed by atoms with Gasteiger partial charge in [0, 0.05) is 16.8 Å². The Hall–Kier alpha value is -2.84. The molecule has 0 radical (unpaired) electrons. The Balaban J connectivity index is 1.80. The minimum atomic E-state index is -3.80. The summed E-state index contributed by atoms with van der Waals surface area (Å²) in [6, 6.07) is 14.0. The fourth-order valence-electron chi connectivity index (χ4n) is 2.83. The van der Waals surface area contributed by atoms with Gasteiger partial charge in [0.05, 0.1) is 22.3 Å². The lowest BCUT2D eigenvalue weighted by Gasteiger charge is -2.12. The van der Waals surface area contributed by atoms with Crippen LogP contribution in [0.1, 0.15) is 21.5 Å². The van der Waals surface area contributed by atoms with Gasteiger partial charge in [-0.05, 0) is 56.0 Å². The van der Waals surface area contributed by atoms with E-state index in [2.05, 4.69) is 15.0 Å². The minimum absolute atomic E-state index is 0.187. The van der Waals surface area contributed by atoms with Crippen molar-refractivity contribution in [2.75, 3.05) is 16.3 Å². The maximum absolute atomic E-state index is 12.7. The van der Waals surface area contributed by atoms with Crippen molar-refractivity contribution in [3.63, 3.8) is 0 Å². The van der Waals surface area contributed by atoms with E-state index < -0.39 is 10.0 Å². The van der Waals surface area contributed by atoms with Crippen molar-refractivity contribution in [3.8, 4) is 0 Å². The summed E-state index contributed by atoms with van der Waals surface area (Å²) in [6.45, 7) is 3.64. The van der Waals surface area contributed by atoms with E-state index in [1.807, 2.05) is 31.4 Å². The number of sulfonamides is 1. The van der Waals surface area contributed by atoms with Crippen LogP contribution in [0.5, 0.6) is 0 Å². The Morgan fingerprint density at radius 2 is 1.79 bits per heavy atom. The maximum atomic E-state index is 12.7. The van der Waals surface area contributed by atoms with E-state index in [1.165, 1.54) is 18.5 Å². The second kappa shape index (κ2) is 8.67. The largest absolute Gasteiger partial charge is 0.322 e. The highest BCUT2D eigenvalue weighted by Gasteiger charge is 2.18. The van der Waals surface area contributed by atoms with Gasteiger partial charge in [0.1, 0.15) is 0 Å². The predicted molar refractivity (Wildman–Crippen MR) is 117 cm³/mol. The summed E-state index contributed by atoms with van der Waals surface area (Å²) in [5, 5.41) is 2.80. The first-order valence-electron chi connectivity index (χ1n) is 8.79. The highest BCUT2D eigenvalue weighted by Crippen LogP contribution is 2.22. The van der Waals surface area contributed by atoms with E-state index in [0.717, 1.165) is 10.5 Å². The summed E-state index contributed by atoms with van der Waals surface area (Å²) < 4.78 is 28.0. The smallest absolute Gasteiger partial charge is 0.262 e. The van der Waals surface area contributed by atoms with Crippen LogP contribution >= 0.6 is 11.8 Å². The van der Waals surface area contributed by atoms with Crippen LogP contribution in [0.2, 0.25) is 0 Å². The molecule has 0 atom stereocenters. The number of aromatic nitrogens is 1. The van der Waals surface area contributed by atoms with Gasteiger partial charge in [0.25, 0.3) is 15.9 Å². The van der Waals surface area contributed by atoms with Crippen LogP contribution in [0.4, 0.5) is 11.4 Å². The van der Waals surface area contributed by atoms with Crippen LogP contribution in [0.3, 0.4) is 0 Å². The molecular weight excluding hydrogens is 406 g/mol. The Labute approximate surface area is 174 Å². The molecule has 1 amide bonds. The van der Waals surface area contributed by atoms with Gasteiger partial charge in [-0.2, -0.15) is 0 Å². The lowest BCUT2D eigenvalue weighted by Crippen LogP contribution is -2.16. The zero-order valence-electron chi connectivity index (χ0n) is 16.3. The quantitative estimate of drug-likeness (QED) is 0.567. The average Bonchev–Trinajstić information content (AvgIpc) is 2.67. The van der Waals surface area contributed by atoms with Gasteiger partial charge in [-0.3, -0.25) is 14.5 Å². The second-order valence-corrected chi connectivity index (χ2v) is 9.05. The highest BCUT2D eigenvalue weighted by molar-refractivity contribution is 7.98. The Bertz CT molecular complexity index is 1160. The summed E-state index contributed by atoms with van der Waals surface area (Å²) in [4.78, 5) is 17.8. The Morgan fingerprint density at radius 1 is 1.00 bits per heavy atom. The van der Waals surface area contributed by atoms with Gasteiger partial charge in [-0.15, -0.1) is 11.8 Å². The van der Waals surface area contributed by atoms with Gasteiger partial charge in [-0.1, -0.05) is 23.8 Å². The van der Waals surface area contributed by atoms with E-state index in [9.17, 15) is 13.2 Å². The summed E-state index contributed by atoms with van der Waals surface area (Å²) >= 11 is 1.57. The zero-order valence-corrected chi connectivity index (χ0v) is 17.9. The van der Waals surface area contributed by atoms with Crippen molar-refractivity contribution >= 4 is 39.1 Å². The first-order chi connectivity index (χ1) is 13.8. The van der Waals surface area contributed by atoms with Crippen molar-refractivity contribution in [1.29, 1.82) is 0 Å². The maximum Gasteiger partial charge on any atom is 0.262 e. The van der Waals surface area contributed by atoms with Crippen LogP contribution in [0.15, 0.2) is 70.7 Å². The number of benzene rings is 2. The monoisotopic (exact) mass is 427 g/mol. The van der Waals surface area contributed by atoms with Gasteiger partial charge in [0.15, 0.2) is 0 Å². The standard InChI is InChI=1S/C21H21N3O3S2/c1-14-7-8-20(15(2)9-14)29(26,27)24-18-10-16(12-22-13-18)21(25)23-17-5-4-6-19(11-17)28-3/h4-13,24H,1-3H3,(H,23,25). The molecule has 0 saturated carbocycles. The van der Waals surface area contributed by atoms with Gasteiger partial charge in [0.2, 0.25) is 0 Å². The Morgan fingerprint density at radius 3 is 2.52 bits per heavy atom. The lowest BCUT2D eigenvalue weighted by atomic mass is 10.2. The molecule has 6 nitrogen and oxygen atoms in total. The molecule has 2 aromatic carbocycles. The second-order valence-electron chi connectivity index (χ2n) is 6.52. The number of hydrogen-bond donors (Lipinski definition) is 2. The van der Waals surface area contributed by atoms with E-state index in [-0.39, 0.29) is 22.1 Å². The van der Waals surface area contributed by atoms with E-state index in [4.69, 9.17) is 0 Å². The molecule has 0 spiro atoms. The number of aryl methyl sites for hydroxylation is 2. The van der Waals surface area contributed by atoms with Crippen LogP contribution in [-0.4, -0.2) is 25.6 Å². The van der Waals surface area contributed by atoms with Crippen LogP contribution in [-0.2, 0) is 10.0 Å². The Kier molecular flexibility index (Phi) is 6.24. The number of carbonyl (C=O) groups excluding carboxylic acids is 1. The highest BCUT2D eigenvalue weighted by atomic mass is 32.2. The molecule has 0 fully saturated rings. The fourth-order valence-corrected chi connectivity index (χ4v) is 4.56. The lowest BCUT2D eigenvalue weighted by molar-refractivity contribution is 0.102. The molecule has 0 aliphatic rings. The predicted octanol–water partition coefficient (Wildman–Crippen LogP) is 4.47. The molecule has 0 bridgehead atoms. The van der Waals surface area contributed by atoms with Crippen molar-refractivity contribution in [2.45, 2.75) is 23.6 Å². The SMILES string of the molecule is CSc1cccc(NC(=O)c2cncc(NS(=O)(=O)c3ccc(C)cc3C)c2)c1. The summed E-state index contributed by atoms with van der Waals surface area (Å²) in [5.74, 6) is -0.372. The molecule has 3 rings (SSSR count). The molecule has 1 heterocycles. The van der Waals surface area contributed by atoms with E-state index in [0.29, 0.717) is 11.3 Å². The van der Waals surface area contributed by atoms with Crippen LogP contribution in [0, 0.1) is 13.8 Å². The van der Waals surface area contributed by atoms with Gasteiger partial charge in [-0.25, -0.2) is 8.42 Å². The molecule has 3 aromatic rings. The summed E-state index contributed by atoms with van der Waals surface area (Å²) in [7, 11) is -3.80. The molecule has 2 N–H and O–H groups in total. The molecule has 1 aromatic heterocycles. The molecule has 0 saturated heterocycles. The number of pyridine rings is 1. The molecule has 0 aliphatic heterocycles. The summed E-state index contributed by atoms with van der Waals surface area (Å²) in [5.41, 5.74) is 2.75. The van der Waals surface area contributed by atoms with Gasteiger partial charge >= 0.3 is 0 Å². The number of nitrogens with zero attached hydrogens (tertiary/aromatic N) is 1. The number of amides is 1. The third-order valence-electron chi connectivity index (χ3n) is 4.20. The number of rotatable bonds is 6. The summed E-state index contributed by atoms with van der Waals surface area (Å²) in [6.07, 6.45) is 4.71. The molecule has 150 valence electrons. The fraction of sp³-hybridized carbons (Fsp3) is 0.143. The van der Waals surface area contributed by atoms with Crippen molar-refractivity contribution in [3.05, 3.63) is 77.6 Å². The van der Waals surface area contributed by atoms with E-state index in [1.54, 1.807) is 43.0 Å². The number of nitrogens with one attached hydrogen (secondary N) is 2. The number of anilines is 2. The minimum Gasteiger partial charge on any atom is -0.322 e. The topological polar surface area (TPSA) is 88.2 Å². The van der Waals surface area contributed by atoms with Crippen LogP contribution in [0.25, 0.3) is 0 Å². The first kappa shape index (κ1) is 20.9. The number of carbonyl (C=O) groups is 1. The number of hydrogen-bond acceptors (Lipinski definition) is 5. The van der Waals surface area contributed by atoms with E-state index >= 15 is 0 Å². The number of thioether (sulfide) groups is 1. The van der Waals surface area contributed by atoms with Crippen molar-refractivity contribution < 1.29 is 13.2 Å².